The van der Waals surface area contributed by atoms with E-state index in [0.29, 0.717) is 6.42 Å². The van der Waals surface area contributed by atoms with Gasteiger partial charge in [0.1, 0.15) is 0 Å². The lowest BCUT2D eigenvalue weighted by Crippen LogP contribution is -2.65. The van der Waals surface area contributed by atoms with Crippen molar-refractivity contribution in [2.24, 2.45) is 5.92 Å². The van der Waals surface area contributed by atoms with E-state index in [0.717, 1.165) is 0 Å². The van der Waals surface area contributed by atoms with Crippen LogP contribution in [0.3, 0.4) is 0 Å². The minimum atomic E-state index is -1.02. The summed E-state index contributed by atoms with van der Waals surface area (Å²) in [4.78, 5) is 21.7. The molecule has 0 spiro atoms. The predicted octanol–water partition coefficient (Wildman–Crippen LogP) is -0.175. The molecule has 0 aliphatic carbocycles. The second-order valence-electron chi connectivity index (χ2n) is 4.38. The first-order chi connectivity index (χ1) is 6.82. The summed E-state index contributed by atoms with van der Waals surface area (Å²) < 4.78 is 4.77. The van der Waals surface area contributed by atoms with Crippen LogP contribution in [-0.2, 0) is 14.3 Å². The van der Waals surface area contributed by atoms with Crippen molar-refractivity contribution in [3.8, 4) is 0 Å². The summed E-state index contributed by atoms with van der Waals surface area (Å²) in [6.45, 7) is 4.82. The fourth-order valence-electron chi connectivity index (χ4n) is 1.82. The number of hydrogen-bond donors (Lipinski definition) is 2. The molecule has 2 N–H and O–H groups in total. The Labute approximate surface area is 88.8 Å². The number of carbonyl (C=O) groups excluding carboxylic acids is 2. The average Bonchev–Trinajstić information content (AvgIpc) is 1.97. The van der Waals surface area contributed by atoms with Crippen LogP contribution in [0.25, 0.3) is 0 Å². The van der Waals surface area contributed by atoms with Crippen LogP contribution in [0.2, 0.25) is 0 Å². The Morgan fingerprint density at radius 1 is 1.60 bits per heavy atom. The third-order valence-corrected chi connectivity index (χ3v) is 2.51. The molecule has 1 rings (SSSR count). The Bertz CT molecular complexity index is 269. The normalized spacial score (nSPS) is 25.5. The number of nitrogens with one attached hydrogen (secondary N) is 1. The molecule has 0 aromatic carbocycles. The molecule has 2 atom stereocenters. The SMILES string of the molecule is CC(=O)OCC[C@H]1NC(=O)[C@@H]1C(C)(C)O. The van der Waals surface area contributed by atoms with Gasteiger partial charge in [-0.1, -0.05) is 0 Å². The van der Waals surface area contributed by atoms with Crippen molar-refractivity contribution in [3.63, 3.8) is 0 Å². The van der Waals surface area contributed by atoms with Gasteiger partial charge in [0.15, 0.2) is 0 Å². The molecule has 1 fully saturated rings. The largest absolute Gasteiger partial charge is 0.466 e. The zero-order chi connectivity index (χ0) is 11.6. The Balaban J connectivity index is 2.38. The Morgan fingerprint density at radius 3 is 2.60 bits per heavy atom. The first kappa shape index (κ1) is 12.0. The van der Waals surface area contributed by atoms with Gasteiger partial charge in [-0.3, -0.25) is 9.59 Å². The van der Waals surface area contributed by atoms with E-state index in [4.69, 9.17) is 4.74 Å². The van der Waals surface area contributed by atoms with Crippen LogP contribution < -0.4 is 5.32 Å². The highest BCUT2D eigenvalue weighted by atomic mass is 16.5. The molecule has 0 aromatic heterocycles. The van der Waals surface area contributed by atoms with Gasteiger partial charge in [-0.15, -0.1) is 0 Å². The molecular weight excluding hydrogens is 198 g/mol. The maximum absolute atomic E-state index is 11.2. The van der Waals surface area contributed by atoms with Crippen molar-refractivity contribution < 1.29 is 19.4 Å². The molecule has 1 aliphatic rings. The van der Waals surface area contributed by atoms with Crippen molar-refractivity contribution in [3.05, 3.63) is 0 Å². The van der Waals surface area contributed by atoms with Gasteiger partial charge in [0.25, 0.3) is 0 Å². The van der Waals surface area contributed by atoms with E-state index in [-0.39, 0.29) is 24.5 Å². The van der Waals surface area contributed by atoms with Crippen LogP contribution in [0.1, 0.15) is 27.2 Å². The molecule has 0 saturated carbocycles. The molecule has 1 heterocycles. The molecule has 86 valence electrons. The van der Waals surface area contributed by atoms with Crippen LogP contribution in [0.15, 0.2) is 0 Å². The van der Waals surface area contributed by atoms with Crippen LogP contribution in [0.4, 0.5) is 0 Å². The Hall–Kier alpha value is -1.10. The van der Waals surface area contributed by atoms with Gasteiger partial charge in [0, 0.05) is 19.4 Å². The molecule has 0 bridgehead atoms. The zero-order valence-corrected chi connectivity index (χ0v) is 9.24. The predicted molar refractivity (Wildman–Crippen MR) is 53.0 cm³/mol. The maximum atomic E-state index is 11.2. The molecule has 0 unspecified atom stereocenters. The summed E-state index contributed by atoms with van der Waals surface area (Å²) in [6.07, 6.45) is 0.542. The smallest absolute Gasteiger partial charge is 0.302 e. The lowest BCUT2D eigenvalue weighted by atomic mass is 9.77. The minimum absolute atomic E-state index is 0.100. The molecule has 0 aromatic rings. The van der Waals surface area contributed by atoms with Crippen molar-refractivity contribution in [2.75, 3.05) is 6.61 Å². The van der Waals surface area contributed by atoms with Crippen LogP contribution >= 0.6 is 0 Å². The van der Waals surface area contributed by atoms with Gasteiger partial charge in [-0.05, 0) is 13.8 Å². The van der Waals surface area contributed by atoms with E-state index in [2.05, 4.69) is 5.32 Å². The van der Waals surface area contributed by atoms with E-state index >= 15 is 0 Å². The number of amides is 1. The van der Waals surface area contributed by atoms with Gasteiger partial charge < -0.3 is 15.2 Å². The highest BCUT2D eigenvalue weighted by Gasteiger charge is 2.47. The minimum Gasteiger partial charge on any atom is -0.466 e. The number of β-lactam (4-membered cyclic amide) rings is 1. The van der Waals surface area contributed by atoms with Crippen LogP contribution in [-0.4, -0.2) is 35.2 Å². The number of esters is 1. The maximum Gasteiger partial charge on any atom is 0.302 e. The van der Waals surface area contributed by atoms with Gasteiger partial charge in [0.2, 0.25) is 5.91 Å². The molecule has 15 heavy (non-hydrogen) atoms. The number of carbonyl (C=O) groups is 2. The summed E-state index contributed by atoms with van der Waals surface area (Å²) in [5.74, 6) is -0.885. The van der Waals surface area contributed by atoms with E-state index < -0.39 is 11.5 Å². The summed E-state index contributed by atoms with van der Waals surface area (Å²) in [7, 11) is 0. The molecule has 5 heteroatoms. The third kappa shape index (κ3) is 2.92. The van der Waals surface area contributed by atoms with E-state index in [1.165, 1.54) is 6.92 Å². The summed E-state index contributed by atoms with van der Waals surface area (Å²) in [5.41, 5.74) is -1.02. The van der Waals surface area contributed by atoms with Crippen molar-refractivity contribution in [2.45, 2.75) is 38.8 Å². The zero-order valence-electron chi connectivity index (χ0n) is 9.24. The molecular formula is C10H17NO4. The van der Waals surface area contributed by atoms with Gasteiger partial charge in [0.05, 0.1) is 18.1 Å². The summed E-state index contributed by atoms with van der Waals surface area (Å²) in [5, 5.41) is 12.4. The van der Waals surface area contributed by atoms with Gasteiger partial charge >= 0.3 is 5.97 Å². The standard InChI is InChI=1S/C10H17NO4/c1-6(12)15-5-4-7-8(9(13)11-7)10(2,3)14/h7-8,14H,4-5H2,1-3H3,(H,11,13)/t7-,8-/m1/s1. The Kier molecular flexibility index (Phi) is 3.34. The summed E-state index contributed by atoms with van der Waals surface area (Å²) in [6, 6.07) is -0.100. The lowest BCUT2D eigenvalue weighted by Gasteiger charge is -2.43. The third-order valence-electron chi connectivity index (χ3n) is 2.51. The monoisotopic (exact) mass is 215 g/mol. The molecule has 1 saturated heterocycles. The van der Waals surface area contributed by atoms with Gasteiger partial charge in [-0.25, -0.2) is 0 Å². The number of ether oxygens (including phenoxy) is 1. The fourth-order valence-corrected chi connectivity index (χ4v) is 1.82. The number of aliphatic hydroxyl groups is 1. The average molecular weight is 215 g/mol. The van der Waals surface area contributed by atoms with Crippen molar-refractivity contribution in [1.29, 1.82) is 0 Å². The van der Waals surface area contributed by atoms with Crippen LogP contribution in [0, 0.1) is 5.92 Å². The van der Waals surface area contributed by atoms with Crippen molar-refractivity contribution in [1.82, 2.24) is 5.32 Å². The number of hydrogen-bond acceptors (Lipinski definition) is 4. The topological polar surface area (TPSA) is 75.6 Å². The highest BCUT2D eigenvalue weighted by Crippen LogP contribution is 2.29. The van der Waals surface area contributed by atoms with E-state index in [1.807, 2.05) is 0 Å². The highest BCUT2D eigenvalue weighted by molar-refractivity contribution is 5.87. The molecule has 1 amide bonds. The second-order valence-corrected chi connectivity index (χ2v) is 4.38. The summed E-state index contributed by atoms with van der Waals surface area (Å²) >= 11 is 0. The first-order valence-corrected chi connectivity index (χ1v) is 4.98. The van der Waals surface area contributed by atoms with Crippen LogP contribution in [0.5, 0.6) is 0 Å². The van der Waals surface area contributed by atoms with Gasteiger partial charge in [-0.2, -0.15) is 0 Å². The molecule has 5 nitrogen and oxygen atoms in total. The van der Waals surface area contributed by atoms with Crippen molar-refractivity contribution >= 4 is 11.9 Å². The van der Waals surface area contributed by atoms with E-state index in [1.54, 1.807) is 13.8 Å². The molecule has 1 aliphatic heterocycles. The Morgan fingerprint density at radius 2 is 2.20 bits per heavy atom. The van der Waals surface area contributed by atoms with E-state index in [9.17, 15) is 14.7 Å². The second kappa shape index (κ2) is 4.18. The lowest BCUT2D eigenvalue weighted by molar-refractivity contribution is -0.149. The fraction of sp³-hybridized carbons (Fsp3) is 0.800. The quantitative estimate of drug-likeness (QED) is 0.504. The molecule has 0 radical (unpaired) electrons. The number of rotatable bonds is 4. The first-order valence-electron chi connectivity index (χ1n) is 4.98.